The molecular weight excluding hydrogens is 312 g/mol. The first kappa shape index (κ1) is 19.6. The summed E-state index contributed by atoms with van der Waals surface area (Å²) >= 11 is 0. The van der Waals surface area contributed by atoms with Crippen LogP contribution in [-0.2, 0) is 4.74 Å². The van der Waals surface area contributed by atoms with Crippen molar-refractivity contribution in [3.63, 3.8) is 0 Å². The Balaban J connectivity index is 0.000000269. The molecule has 0 saturated carbocycles. The highest BCUT2D eigenvalue weighted by atomic mass is 16.5. The summed E-state index contributed by atoms with van der Waals surface area (Å²) in [6, 6.07) is 14.5. The quantitative estimate of drug-likeness (QED) is 0.754. The number of nitrogens with one attached hydrogen (secondary N) is 1. The molecule has 2 N–H and O–H groups in total. The Bertz CT molecular complexity index is 557. The summed E-state index contributed by atoms with van der Waals surface area (Å²) < 4.78 is 5.61. The largest absolute Gasteiger partial charge is 0.388 e. The zero-order chi connectivity index (χ0) is 17.7. The second-order valence-electron chi connectivity index (χ2n) is 6.47. The summed E-state index contributed by atoms with van der Waals surface area (Å²) in [6.07, 6.45) is 7.09. The molecule has 0 aliphatic carbocycles. The third-order valence-electron chi connectivity index (χ3n) is 4.26. The number of benzene rings is 1. The molecule has 1 aliphatic heterocycles. The molecule has 1 saturated heterocycles. The molecule has 2 unspecified atom stereocenters. The van der Waals surface area contributed by atoms with Gasteiger partial charge >= 0.3 is 0 Å². The molecule has 0 amide bonds. The Hall–Kier alpha value is -1.75. The van der Waals surface area contributed by atoms with Crippen LogP contribution in [0.3, 0.4) is 0 Å². The maximum Gasteiger partial charge on any atom is 0.0805 e. The summed E-state index contributed by atoms with van der Waals surface area (Å²) in [5, 5.41) is 13.3. The zero-order valence-electron chi connectivity index (χ0n) is 15.1. The van der Waals surface area contributed by atoms with E-state index in [1.165, 1.54) is 18.4 Å². The minimum atomic E-state index is -0.424. The summed E-state index contributed by atoms with van der Waals surface area (Å²) in [5.41, 5.74) is 2.21. The van der Waals surface area contributed by atoms with Gasteiger partial charge in [0.15, 0.2) is 0 Å². The summed E-state index contributed by atoms with van der Waals surface area (Å²) in [6.45, 7) is 4.71. The molecule has 2 aromatic rings. The lowest BCUT2D eigenvalue weighted by Crippen LogP contribution is -2.26. The van der Waals surface area contributed by atoms with Gasteiger partial charge in [0.25, 0.3) is 0 Å². The highest BCUT2D eigenvalue weighted by Gasteiger charge is 2.13. The van der Waals surface area contributed by atoms with E-state index in [1.54, 1.807) is 12.4 Å². The molecule has 4 heteroatoms. The lowest BCUT2D eigenvalue weighted by molar-refractivity contribution is 0.0950. The number of aromatic nitrogens is 1. The van der Waals surface area contributed by atoms with Gasteiger partial charge in [-0.3, -0.25) is 4.98 Å². The first-order valence-corrected chi connectivity index (χ1v) is 9.16. The molecule has 0 radical (unpaired) electrons. The van der Waals surface area contributed by atoms with Gasteiger partial charge in [-0.05, 0) is 50.8 Å². The van der Waals surface area contributed by atoms with Gasteiger partial charge in [-0.2, -0.15) is 0 Å². The van der Waals surface area contributed by atoms with Crippen LogP contribution in [-0.4, -0.2) is 35.9 Å². The van der Waals surface area contributed by atoms with Crippen molar-refractivity contribution in [3.8, 4) is 0 Å². The van der Waals surface area contributed by atoms with E-state index in [-0.39, 0.29) is 0 Å². The second kappa shape index (κ2) is 11.7. The number of pyridine rings is 1. The number of hydrogen-bond donors (Lipinski definition) is 2. The number of aliphatic hydroxyl groups excluding tert-OH is 1. The number of ether oxygens (including phenoxy) is 1. The molecule has 0 spiro atoms. The Kier molecular flexibility index (Phi) is 9.19. The van der Waals surface area contributed by atoms with Gasteiger partial charge in [0.2, 0.25) is 0 Å². The molecule has 1 aromatic carbocycles. The van der Waals surface area contributed by atoms with E-state index >= 15 is 0 Å². The van der Waals surface area contributed by atoms with Crippen molar-refractivity contribution in [2.45, 2.75) is 44.8 Å². The normalized spacial score (nSPS) is 17.6. The van der Waals surface area contributed by atoms with E-state index < -0.39 is 6.10 Å². The Morgan fingerprint density at radius 3 is 2.68 bits per heavy atom. The van der Waals surface area contributed by atoms with E-state index in [9.17, 15) is 5.11 Å². The number of aryl methyl sites for hydroxylation is 1. The highest BCUT2D eigenvalue weighted by molar-refractivity contribution is 5.12. The van der Waals surface area contributed by atoms with Gasteiger partial charge in [0, 0.05) is 25.0 Å². The van der Waals surface area contributed by atoms with Crippen molar-refractivity contribution < 1.29 is 9.84 Å². The summed E-state index contributed by atoms with van der Waals surface area (Å²) in [5.74, 6) is 0. The summed E-state index contributed by atoms with van der Waals surface area (Å²) in [4.78, 5) is 4.00. The van der Waals surface area contributed by atoms with Gasteiger partial charge in [0.05, 0.1) is 12.7 Å². The predicted octanol–water partition coefficient (Wildman–Crippen LogP) is 3.66. The topological polar surface area (TPSA) is 54.4 Å². The third-order valence-corrected chi connectivity index (χ3v) is 4.26. The molecule has 1 fully saturated rings. The number of rotatable bonds is 7. The monoisotopic (exact) mass is 342 g/mol. The molecule has 1 aromatic heterocycles. The predicted molar refractivity (Wildman–Crippen MR) is 101 cm³/mol. The molecule has 25 heavy (non-hydrogen) atoms. The minimum Gasteiger partial charge on any atom is -0.388 e. The molecule has 2 atom stereocenters. The van der Waals surface area contributed by atoms with Gasteiger partial charge in [-0.15, -0.1) is 0 Å². The van der Waals surface area contributed by atoms with Crippen LogP contribution < -0.4 is 5.32 Å². The van der Waals surface area contributed by atoms with Crippen LogP contribution in [0.1, 0.15) is 42.9 Å². The van der Waals surface area contributed by atoms with Crippen molar-refractivity contribution in [1.82, 2.24) is 10.3 Å². The fourth-order valence-electron chi connectivity index (χ4n) is 2.78. The van der Waals surface area contributed by atoms with Crippen molar-refractivity contribution in [3.05, 3.63) is 66.0 Å². The first-order chi connectivity index (χ1) is 12.3. The molecular formula is C21H30N2O2. The summed E-state index contributed by atoms with van der Waals surface area (Å²) in [7, 11) is 0. The van der Waals surface area contributed by atoms with E-state index in [0.29, 0.717) is 6.04 Å². The molecule has 3 rings (SSSR count). The second-order valence-corrected chi connectivity index (χ2v) is 6.47. The van der Waals surface area contributed by atoms with E-state index in [0.717, 1.165) is 38.2 Å². The SMILES string of the molecule is Cc1ccccc1.OC(CCCOCC1CCCN1)c1cccnc1. The average Bonchev–Trinajstić information content (AvgIpc) is 3.17. The van der Waals surface area contributed by atoms with Gasteiger partial charge in [-0.1, -0.05) is 42.0 Å². The minimum absolute atomic E-state index is 0.424. The maximum atomic E-state index is 9.92. The maximum absolute atomic E-state index is 9.92. The van der Waals surface area contributed by atoms with Gasteiger partial charge < -0.3 is 15.2 Å². The Morgan fingerprint density at radius 1 is 1.24 bits per heavy atom. The fourth-order valence-corrected chi connectivity index (χ4v) is 2.78. The van der Waals surface area contributed by atoms with Crippen LogP contribution in [0.5, 0.6) is 0 Å². The lowest BCUT2D eigenvalue weighted by atomic mass is 10.1. The van der Waals surface area contributed by atoms with Crippen LogP contribution in [0, 0.1) is 6.92 Å². The van der Waals surface area contributed by atoms with E-state index in [2.05, 4.69) is 29.4 Å². The van der Waals surface area contributed by atoms with Crippen LogP contribution >= 0.6 is 0 Å². The average molecular weight is 342 g/mol. The highest BCUT2D eigenvalue weighted by Crippen LogP contribution is 2.16. The zero-order valence-corrected chi connectivity index (χ0v) is 15.1. The standard InChI is InChI=1S/C14H22N2O2.C7H8/c17-14(12-4-1-7-15-10-12)6-3-9-18-11-13-5-2-8-16-13;1-7-5-3-2-4-6-7/h1,4,7,10,13-14,16-17H,2-3,5-6,8-9,11H2;2-6H,1H3. The molecule has 0 bridgehead atoms. The van der Waals surface area contributed by atoms with Crippen molar-refractivity contribution in [1.29, 1.82) is 0 Å². The Labute approximate surface area is 151 Å². The molecule has 4 nitrogen and oxygen atoms in total. The third kappa shape index (κ3) is 8.25. The van der Waals surface area contributed by atoms with Gasteiger partial charge in [-0.25, -0.2) is 0 Å². The fraction of sp³-hybridized carbons (Fsp3) is 0.476. The Morgan fingerprint density at radius 2 is 2.08 bits per heavy atom. The lowest BCUT2D eigenvalue weighted by Gasteiger charge is -2.12. The van der Waals surface area contributed by atoms with E-state index in [1.807, 2.05) is 30.3 Å². The van der Waals surface area contributed by atoms with Crippen LogP contribution in [0.15, 0.2) is 54.9 Å². The van der Waals surface area contributed by atoms with Crippen molar-refractivity contribution in [2.75, 3.05) is 19.8 Å². The van der Waals surface area contributed by atoms with Gasteiger partial charge in [0.1, 0.15) is 0 Å². The van der Waals surface area contributed by atoms with Crippen LogP contribution in [0.25, 0.3) is 0 Å². The van der Waals surface area contributed by atoms with Crippen LogP contribution in [0.2, 0.25) is 0 Å². The van der Waals surface area contributed by atoms with Crippen molar-refractivity contribution in [2.24, 2.45) is 0 Å². The number of nitrogens with zero attached hydrogens (tertiary/aromatic N) is 1. The molecule has 2 heterocycles. The molecule has 136 valence electrons. The van der Waals surface area contributed by atoms with E-state index in [4.69, 9.17) is 4.74 Å². The van der Waals surface area contributed by atoms with Crippen molar-refractivity contribution >= 4 is 0 Å². The molecule has 1 aliphatic rings. The van der Waals surface area contributed by atoms with Crippen LogP contribution in [0.4, 0.5) is 0 Å². The first-order valence-electron chi connectivity index (χ1n) is 9.16. The number of hydrogen-bond acceptors (Lipinski definition) is 4. The number of aliphatic hydroxyl groups is 1. The smallest absolute Gasteiger partial charge is 0.0805 e.